The molecule has 3 atom stereocenters. The highest BCUT2D eigenvalue weighted by molar-refractivity contribution is 7.90. The van der Waals surface area contributed by atoms with Crippen LogP contribution in [0.3, 0.4) is 0 Å². The zero-order valence-corrected chi connectivity index (χ0v) is 12.6. The van der Waals surface area contributed by atoms with Crippen molar-refractivity contribution in [1.29, 1.82) is 0 Å². The van der Waals surface area contributed by atoms with E-state index in [9.17, 15) is 22.7 Å². The molecule has 6 nitrogen and oxygen atoms in total. The first-order valence-electron chi connectivity index (χ1n) is 6.26. The summed E-state index contributed by atoms with van der Waals surface area (Å²) in [6.45, 7) is 0.464. The predicted octanol–water partition coefficient (Wildman–Crippen LogP) is -0.0750. The summed E-state index contributed by atoms with van der Waals surface area (Å²) in [5, 5.41) is 12.4. The zero-order valence-electron chi connectivity index (χ0n) is 11.8. The highest BCUT2D eigenvalue weighted by atomic mass is 32.2. The van der Waals surface area contributed by atoms with Crippen LogP contribution in [0.2, 0.25) is 0 Å². The average molecular weight is 318 g/mol. The molecule has 21 heavy (non-hydrogen) atoms. The molecular weight excluding hydrogens is 299 g/mol. The predicted molar refractivity (Wildman–Crippen MR) is 76.1 cm³/mol. The lowest BCUT2D eigenvalue weighted by molar-refractivity contribution is -0.123. The summed E-state index contributed by atoms with van der Waals surface area (Å²) >= 11 is 0. The summed E-state index contributed by atoms with van der Waals surface area (Å²) in [7, 11) is -3.34. The number of aliphatic hydroxyl groups excluding tert-OH is 1. The summed E-state index contributed by atoms with van der Waals surface area (Å²) in [6, 6.07) is 3.42. The smallest absolute Gasteiger partial charge is 0.237 e. The number of alkyl halides is 1. The van der Waals surface area contributed by atoms with Gasteiger partial charge < -0.3 is 16.2 Å². The maximum absolute atomic E-state index is 13.0. The molecule has 0 bridgehead atoms. The molecule has 1 amide bonds. The minimum Gasteiger partial charge on any atom is -0.386 e. The van der Waals surface area contributed by atoms with Crippen molar-refractivity contribution < 1.29 is 22.7 Å². The number of sulfone groups is 1. The number of nitrogens with one attached hydrogen (secondary N) is 1. The summed E-state index contributed by atoms with van der Waals surface area (Å²) in [4.78, 5) is 11.5. The number of hydrogen-bond acceptors (Lipinski definition) is 5. The molecule has 1 rings (SSSR count). The fraction of sp³-hybridized carbons (Fsp3) is 0.462. The first kappa shape index (κ1) is 17.5. The summed E-state index contributed by atoms with van der Waals surface area (Å²) in [5.74, 6) is -0.579. The van der Waals surface area contributed by atoms with Gasteiger partial charge in [0, 0.05) is 6.26 Å². The van der Waals surface area contributed by atoms with Crippen LogP contribution in [0.15, 0.2) is 29.2 Å². The van der Waals surface area contributed by atoms with E-state index in [1.54, 1.807) is 0 Å². The quantitative estimate of drug-likeness (QED) is 0.680. The van der Waals surface area contributed by atoms with E-state index in [0.29, 0.717) is 5.56 Å². The number of halogens is 1. The molecule has 0 saturated carbocycles. The lowest BCUT2D eigenvalue weighted by Crippen LogP contribution is -2.47. The average Bonchev–Trinajstić information content (AvgIpc) is 2.42. The number of carbonyl (C=O) groups is 1. The number of nitrogens with two attached hydrogens (primary N) is 1. The van der Waals surface area contributed by atoms with E-state index in [0.717, 1.165) is 6.26 Å². The van der Waals surface area contributed by atoms with Crippen molar-refractivity contribution in [3.8, 4) is 0 Å². The summed E-state index contributed by atoms with van der Waals surface area (Å²) < 4.78 is 35.6. The second-order valence-corrected chi connectivity index (χ2v) is 6.86. The SMILES string of the molecule is C[C@H](N)C(=O)N[C@H](CF)[C@@H](O)c1ccc(S(C)(=O)=O)cc1. The van der Waals surface area contributed by atoms with Crippen LogP contribution < -0.4 is 11.1 Å². The van der Waals surface area contributed by atoms with Crippen molar-refractivity contribution in [2.24, 2.45) is 5.73 Å². The second-order valence-electron chi connectivity index (χ2n) is 4.84. The van der Waals surface area contributed by atoms with E-state index in [4.69, 9.17) is 5.73 Å². The Morgan fingerprint density at radius 2 is 1.90 bits per heavy atom. The first-order chi connectivity index (χ1) is 9.66. The van der Waals surface area contributed by atoms with Gasteiger partial charge in [0.2, 0.25) is 5.91 Å². The molecule has 1 aromatic rings. The molecule has 0 fully saturated rings. The second kappa shape index (κ2) is 6.97. The van der Waals surface area contributed by atoms with Crippen LogP contribution in [0.4, 0.5) is 4.39 Å². The number of rotatable bonds is 6. The molecule has 0 aliphatic heterocycles. The fourth-order valence-corrected chi connectivity index (χ4v) is 2.29. The van der Waals surface area contributed by atoms with Gasteiger partial charge in [0.05, 0.1) is 17.0 Å². The van der Waals surface area contributed by atoms with E-state index in [1.807, 2.05) is 0 Å². The highest BCUT2D eigenvalue weighted by Gasteiger charge is 2.24. The van der Waals surface area contributed by atoms with Gasteiger partial charge in [-0.3, -0.25) is 4.79 Å². The van der Waals surface area contributed by atoms with Gasteiger partial charge in [-0.25, -0.2) is 12.8 Å². The Kier molecular flexibility index (Phi) is 5.82. The van der Waals surface area contributed by atoms with Gasteiger partial charge in [0.25, 0.3) is 0 Å². The van der Waals surface area contributed by atoms with E-state index in [-0.39, 0.29) is 4.90 Å². The van der Waals surface area contributed by atoms with Gasteiger partial charge in [-0.15, -0.1) is 0 Å². The minimum absolute atomic E-state index is 0.0925. The lowest BCUT2D eigenvalue weighted by atomic mass is 10.0. The van der Waals surface area contributed by atoms with Gasteiger partial charge in [0.1, 0.15) is 12.8 Å². The van der Waals surface area contributed by atoms with Gasteiger partial charge in [0.15, 0.2) is 9.84 Å². The Balaban J connectivity index is 2.90. The van der Waals surface area contributed by atoms with Gasteiger partial charge in [-0.05, 0) is 24.6 Å². The molecule has 0 heterocycles. The molecule has 4 N–H and O–H groups in total. The van der Waals surface area contributed by atoms with Crippen molar-refractivity contribution >= 4 is 15.7 Å². The summed E-state index contributed by atoms with van der Waals surface area (Å²) in [6.07, 6.45) is -0.239. The van der Waals surface area contributed by atoms with Crippen LogP contribution in [-0.2, 0) is 14.6 Å². The maximum Gasteiger partial charge on any atom is 0.237 e. The molecular formula is C13H19FN2O4S. The zero-order chi connectivity index (χ0) is 16.2. The Morgan fingerprint density at radius 3 is 2.29 bits per heavy atom. The third-order valence-electron chi connectivity index (χ3n) is 2.94. The molecule has 1 aromatic carbocycles. The normalized spacial score (nSPS) is 16.0. The Hall–Kier alpha value is -1.51. The monoisotopic (exact) mass is 318 g/mol. The topological polar surface area (TPSA) is 109 Å². The number of benzene rings is 1. The standard InChI is InChI=1S/C13H19FN2O4S/c1-8(15)13(18)16-11(7-14)12(17)9-3-5-10(6-4-9)21(2,19)20/h3-6,8,11-12,17H,7,15H2,1-2H3,(H,16,18)/t8-,11+,12-/m0/s1. The van der Waals surface area contributed by atoms with Crippen LogP contribution in [0, 0.1) is 0 Å². The van der Waals surface area contributed by atoms with Crippen molar-refractivity contribution in [3.63, 3.8) is 0 Å². The molecule has 8 heteroatoms. The van der Waals surface area contributed by atoms with E-state index in [1.165, 1.54) is 31.2 Å². The van der Waals surface area contributed by atoms with Crippen LogP contribution in [-0.4, -0.2) is 44.4 Å². The maximum atomic E-state index is 13.0. The highest BCUT2D eigenvalue weighted by Crippen LogP contribution is 2.20. The Morgan fingerprint density at radius 1 is 1.38 bits per heavy atom. The third-order valence-corrected chi connectivity index (χ3v) is 4.07. The van der Waals surface area contributed by atoms with Gasteiger partial charge in [-0.1, -0.05) is 12.1 Å². The van der Waals surface area contributed by atoms with Crippen LogP contribution in [0.5, 0.6) is 0 Å². The molecule has 0 aromatic heterocycles. The Labute approximate surface area is 123 Å². The van der Waals surface area contributed by atoms with Gasteiger partial charge in [-0.2, -0.15) is 0 Å². The van der Waals surface area contributed by atoms with Crippen LogP contribution >= 0.6 is 0 Å². The fourth-order valence-electron chi connectivity index (χ4n) is 1.66. The largest absolute Gasteiger partial charge is 0.386 e. The molecule has 0 aliphatic rings. The van der Waals surface area contributed by atoms with Crippen LogP contribution in [0.1, 0.15) is 18.6 Å². The van der Waals surface area contributed by atoms with Crippen molar-refractivity contribution in [2.75, 3.05) is 12.9 Å². The summed E-state index contributed by atoms with van der Waals surface area (Å²) in [5.41, 5.74) is 5.66. The molecule has 118 valence electrons. The Bertz CT molecular complexity index is 587. The van der Waals surface area contributed by atoms with Crippen molar-refractivity contribution in [2.45, 2.75) is 30.0 Å². The molecule has 0 aliphatic carbocycles. The number of aliphatic hydroxyl groups is 1. The third kappa shape index (κ3) is 4.76. The lowest BCUT2D eigenvalue weighted by Gasteiger charge is -2.22. The number of amides is 1. The number of hydrogen-bond donors (Lipinski definition) is 3. The molecule has 0 radical (unpaired) electrons. The minimum atomic E-state index is -3.34. The molecule has 0 saturated heterocycles. The molecule has 0 spiro atoms. The van der Waals surface area contributed by atoms with Crippen molar-refractivity contribution in [3.05, 3.63) is 29.8 Å². The van der Waals surface area contributed by atoms with E-state index < -0.39 is 40.6 Å². The van der Waals surface area contributed by atoms with Gasteiger partial charge >= 0.3 is 0 Å². The number of carbonyl (C=O) groups excluding carboxylic acids is 1. The molecule has 0 unspecified atom stereocenters. The first-order valence-corrected chi connectivity index (χ1v) is 8.16. The van der Waals surface area contributed by atoms with E-state index >= 15 is 0 Å². The van der Waals surface area contributed by atoms with Crippen molar-refractivity contribution in [1.82, 2.24) is 5.32 Å². The van der Waals surface area contributed by atoms with Crippen LogP contribution in [0.25, 0.3) is 0 Å². The van der Waals surface area contributed by atoms with E-state index in [2.05, 4.69) is 5.32 Å².